The van der Waals surface area contributed by atoms with E-state index in [0.717, 1.165) is 44.5 Å². The second-order valence-electron chi connectivity index (χ2n) is 5.27. The first-order valence-corrected chi connectivity index (χ1v) is 6.81. The SMILES string of the molecule is OC1CCN(CCc2ccc3c(c2)OC(F)(F)O3)CC1. The molecule has 110 valence electrons. The number of fused-ring (bicyclic) bond motifs is 1. The van der Waals surface area contributed by atoms with Gasteiger partial charge in [0.25, 0.3) is 0 Å². The van der Waals surface area contributed by atoms with Crippen LogP contribution in [0.2, 0.25) is 0 Å². The Morgan fingerprint density at radius 1 is 1.20 bits per heavy atom. The fourth-order valence-corrected chi connectivity index (χ4v) is 2.58. The van der Waals surface area contributed by atoms with Gasteiger partial charge in [0.2, 0.25) is 0 Å². The van der Waals surface area contributed by atoms with E-state index >= 15 is 0 Å². The van der Waals surface area contributed by atoms with Gasteiger partial charge in [0.1, 0.15) is 0 Å². The quantitative estimate of drug-likeness (QED) is 0.922. The lowest BCUT2D eigenvalue weighted by Crippen LogP contribution is -2.37. The number of nitrogens with zero attached hydrogens (tertiary/aromatic N) is 1. The summed E-state index contributed by atoms with van der Waals surface area (Å²) >= 11 is 0. The fourth-order valence-electron chi connectivity index (χ4n) is 2.58. The van der Waals surface area contributed by atoms with Gasteiger partial charge in [0.15, 0.2) is 11.5 Å². The average Bonchev–Trinajstić information content (AvgIpc) is 2.71. The summed E-state index contributed by atoms with van der Waals surface area (Å²) in [5.41, 5.74) is 0.941. The molecule has 0 atom stereocenters. The van der Waals surface area contributed by atoms with Crippen LogP contribution in [-0.2, 0) is 6.42 Å². The molecule has 0 aromatic heterocycles. The topological polar surface area (TPSA) is 41.9 Å². The van der Waals surface area contributed by atoms with Crippen molar-refractivity contribution in [1.29, 1.82) is 0 Å². The Morgan fingerprint density at radius 3 is 2.65 bits per heavy atom. The van der Waals surface area contributed by atoms with Crippen LogP contribution in [0.3, 0.4) is 0 Å². The molecule has 0 aliphatic carbocycles. The number of hydrogen-bond acceptors (Lipinski definition) is 4. The van der Waals surface area contributed by atoms with Crippen molar-refractivity contribution in [2.45, 2.75) is 31.7 Å². The van der Waals surface area contributed by atoms with E-state index in [2.05, 4.69) is 14.4 Å². The van der Waals surface area contributed by atoms with Gasteiger partial charge in [0.05, 0.1) is 6.10 Å². The molecule has 20 heavy (non-hydrogen) atoms. The summed E-state index contributed by atoms with van der Waals surface area (Å²) in [7, 11) is 0. The molecular weight excluding hydrogens is 268 g/mol. The Balaban J connectivity index is 1.57. The lowest BCUT2D eigenvalue weighted by molar-refractivity contribution is -0.286. The Morgan fingerprint density at radius 2 is 1.90 bits per heavy atom. The number of alkyl halides is 2. The monoisotopic (exact) mass is 285 g/mol. The van der Waals surface area contributed by atoms with Crippen molar-refractivity contribution in [3.05, 3.63) is 23.8 Å². The van der Waals surface area contributed by atoms with Crippen LogP contribution in [0.4, 0.5) is 8.78 Å². The van der Waals surface area contributed by atoms with Gasteiger partial charge in [-0.15, -0.1) is 8.78 Å². The lowest BCUT2D eigenvalue weighted by Gasteiger charge is -2.29. The number of aliphatic hydroxyl groups excluding tert-OH is 1. The highest BCUT2D eigenvalue weighted by molar-refractivity contribution is 5.45. The minimum atomic E-state index is -3.55. The first kappa shape index (κ1) is 13.6. The van der Waals surface area contributed by atoms with Crippen molar-refractivity contribution in [1.82, 2.24) is 4.90 Å². The van der Waals surface area contributed by atoms with Gasteiger partial charge in [-0.2, -0.15) is 0 Å². The van der Waals surface area contributed by atoms with Crippen LogP contribution >= 0.6 is 0 Å². The Bertz CT molecular complexity index is 487. The Kier molecular flexibility index (Phi) is 3.52. The Hall–Kier alpha value is -1.40. The number of piperidine rings is 1. The van der Waals surface area contributed by atoms with Gasteiger partial charge in [0, 0.05) is 19.6 Å². The third-order valence-corrected chi connectivity index (χ3v) is 3.74. The maximum Gasteiger partial charge on any atom is 0.586 e. The van der Waals surface area contributed by atoms with E-state index in [4.69, 9.17) is 0 Å². The van der Waals surface area contributed by atoms with Crippen molar-refractivity contribution < 1.29 is 23.4 Å². The molecule has 4 nitrogen and oxygen atoms in total. The molecule has 1 saturated heterocycles. The molecule has 0 radical (unpaired) electrons. The molecule has 0 saturated carbocycles. The third kappa shape index (κ3) is 3.02. The van der Waals surface area contributed by atoms with Crippen molar-refractivity contribution in [3.8, 4) is 11.5 Å². The molecule has 0 spiro atoms. The number of ether oxygens (including phenoxy) is 2. The zero-order valence-electron chi connectivity index (χ0n) is 11.0. The summed E-state index contributed by atoms with van der Waals surface area (Å²) in [4.78, 5) is 2.27. The van der Waals surface area contributed by atoms with Gasteiger partial charge >= 0.3 is 6.29 Å². The molecule has 6 heteroatoms. The molecule has 1 fully saturated rings. The minimum Gasteiger partial charge on any atom is -0.395 e. The summed E-state index contributed by atoms with van der Waals surface area (Å²) in [6, 6.07) is 4.91. The normalized spacial score (nSPS) is 22.1. The largest absolute Gasteiger partial charge is 0.586 e. The predicted octanol–water partition coefficient (Wildman–Crippen LogP) is 2.01. The maximum absolute atomic E-state index is 12.9. The predicted molar refractivity (Wildman–Crippen MR) is 68.0 cm³/mol. The summed E-state index contributed by atoms with van der Waals surface area (Å²) < 4.78 is 34.6. The zero-order valence-corrected chi connectivity index (χ0v) is 11.0. The number of halogens is 2. The fraction of sp³-hybridized carbons (Fsp3) is 0.571. The van der Waals surface area contributed by atoms with Crippen molar-refractivity contribution in [2.75, 3.05) is 19.6 Å². The molecule has 2 aliphatic rings. The summed E-state index contributed by atoms with van der Waals surface area (Å²) in [6.45, 7) is 2.61. The molecule has 0 bridgehead atoms. The van der Waals surface area contributed by atoms with Gasteiger partial charge < -0.3 is 19.5 Å². The van der Waals surface area contributed by atoms with Gasteiger partial charge in [-0.1, -0.05) is 6.07 Å². The van der Waals surface area contributed by atoms with Crippen molar-refractivity contribution in [3.63, 3.8) is 0 Å². The van der Waals surface area contributed by atoms with E-state index in [1.54, 1.807) is 12.1 Å². The molecule has 1 aromatic rings. The highest BCUT2D eigenvalue weighted by Gasteiger charge is 2.43. The average molecular weight is 285 g/mol. The van der Waals surface area contributed by atoms with Crippen LogP contribution < -0.4 is 9.47 Å². The van der Waals surface area contributed by atoms with Crippen LogP contribution in [0.25, 0.3) is 0 Å². The van der Waals surface area contributed by atoms with E-state index in [1.807, 2.05) is 0 Å². The maximum atomic E-state index is 12.9. The van der Waals surface area contributed by atoms with Crippen molar-refractivity contribution in [2.24, 2.45) is 0 Å². The molecule has 3 rings (SSSR count). The molecule has 1 aromatic carbocycles. The lowest BCUT2D eigenvalue weighted by atomic mass is 10.1. The third-order valence-electron chi connectivity index (χ3n) is 3.74. The van der Waals surface area contributed by atoms with Gasteiger partial charge in [-0.05, 0) is 37.0 Å². The smallest absolute Gasteiger partial charge is 0.395 e. The zero-order chi connectivity index (χ0) is 14.2. The molecule has 2 heterocycles. The highest BCUT2D eigenvalue weighted by atomic mass is 19.3. The molecule has 1 N–H and O–H groups in total. The molecular formula is C14H17F2NO3. The van der Waals surface area contributed by atoms with E-state index in [-0.39, 0.29) is 17.6 Å². The van der Waals surface area contributed by atoms with Crippen LogP contribution in [0.1, 0.15) is 18.4 Å². The van der Waals surface area contributed by atoms with E-state index in [1.165, 1.54) is 6.07 Å². The van der Waals surface area contributed by atoms with Crippen LogP contribution in [0, 0.1) is 0 Å². The summed E-state index contributed by atoms with van der Waals surface area (Å²) in [5.74, 6) is 0.182. The second-order valence-corrected chi connectivity index (χ2v) is 5.27. The number of aliphatic hydroxyl groups is 1. The second kappa shape index (κ2) is 5.18. The van der Waals surface area contributed by atoms with E-state index in [9.17, 15) is 13.9 Å². The van der Waals surface area contributed by atoms with Crippen LogP contribution in [0.5, 0.6) is 11.5 Å². The molecule has 0 unspecified atom stereocenters. The van der Waals surface area contributed by atoms with Gasteiger partial charge in [-0.3, -0.25) is 0 Å². The first-order valence-electron chi connectivity index (χ1n) is 6.81. The van der Waals surface area contributed by atoms with Crippen LogP contribution in [-0.4, -0.2) is 42.0 Å². The number of likely N-dealkylation sites (tertiary alicyclic amines) is 1. The molecule has 2 aliphatic heterocycles. The van der Waals surface area contributed by atoms with E-state index < -0.39 is 6.29 Å². The first-order chi connectivity index (χ1) is 9.52. The number of benzene rings is 1. The van der Waals surface area contributed by atoms with Gasteiger partial charge in [-0.25, -0.2) is 0 Å². The summed E-state index contributed by atoms with van der Waals surface area (Å²) in [5, 5.41) is 9.44. The highest BCUT2D eigenvalue weighted by Crippen LogP contribution is 2.41. The van der Waals surface area contributed by atoms with Crippen molar-refractivity contribution >= 4 is 0 Å². The standard InChI is InChI=1S/C14H17F2NO3/c15-14(16)19-12-2-1-10(9-13(12)20-14)3-6-17-7-4-11(18)5-8-17/h1-2,9,11,18H,3-8H2. The molecule has 0 amide bonds. The number of hydrogen-bond donors (Lipinski definition) is 1. The minimum absolute atomic E-state index is 0.0832. The van der Waals surface area contributed by atoms with E-state index in [0.29, 0.717) is 0 Å². The number of rotatable bonds is 3. The van der Waals surface area contributed by atoms with Crippen LogP contribution in [0.15, 0.2) is 18.2 Å². The Labute approximate surface area is 115 Å². The summed E-state index contributed by atoms with van der Waals surface area (Å²) in [6.07, 6.45) is -1.37.